The third-order valence-electron chi connectivity index (χ3n) is 5.04. The highest BCUT2D eigenvalue weighted by Crippen LogP contribution is 2.33. The van der Waals surface area contributed by atoms with Crippen molar-refractivity contribution in [2.75, 3.05) is 13.2 Å². The maximum Gasteiger partial charge on any atom is 0.122 e. The van der Waals surface area contributed by atoms with Crippen LogP contribution < -0.4 is 15.8 Å². The molecule has 144 valence electrons. The van der Waals surface area contributed by atoms with Gasteiger partial charge in [-0.25, -0.2) is 0 Å². The van der Waals surface area contributed by atoms with Gasteiger partial charge < -0.3 is 20.7 Å². The molecule has 1 atom stereocenters. The number of pyridine rings is 1. The largest absolute Gasteiger partial charge is 0.492 e. The molecule has 4 heterocycles. The highest BCUT2D eigenvalue weighted by atomic mass is 16.5. The highest BCUT2D eigenvalue weighted by molar-refractivity contribution is 6.19. The molecule has 29 heavy (non-hydrogen) atoms. The fraction of sp³-hybridized carbons (Fsp3) is 0.130. The van der Waals surface area contributed by atoms with Crippen LogP contribution in [-0.4, -0.2) is 34.9 Å². The van der Waals surface area contributed by atoms with Crippen molar-refractivity contribution in [3.63, 3.8) is 0 Å². The Morgan fingerprint density at radius 3 is 2.76 bits per heavy atom. The number of nitrogens with two attached hydrogens (primary N) is 1. The van der Waals surface area contributed by atoms with Gasteiger partial charge in [0.25, 0.3) is 0 Å². The van der Waals surface area contributed by atoms with Gasteiger partial charge >= 0.3 is 0 Å². The van der Waals surface area contributed by atoms with Crippen LogP contribution in [-0.2, 0) is 0 Å². The summed E-state index contributed by atoms with van der Waals surface area (Å²) in [6, 6.07) is 13.9. The molecular formula is C23H21N5O. The summed E-state index contributed by atoms with van der Waals surface area (Å²) in [5.41, 5.74) is 11.8. The van der Waals surface area contributed by atoms with Gasteiger partial charge in [0.05, 0.1) is 17.1 Å². The number of allylic oxidation sites excluding steroid dienone is 3. The van der Waals surface area contributed by atoms with Crippen LogP contribution in [0.15, 0.2) is 95.6 Å². The van der Waals surface area contributed by atoms with Gasteiger partial charge in [-0.05, 0) is 42.5 Å². The molecule has 3 aliphatic heterocycles. The van der Waals surface area contributed by atoms with E-state index in [-0.39, 0.29) is 6.17 Å². The second kappa shape index (κ2) is 7.41. The first-order valence-corrected chi connectivity index (χ1v) is 9.61. The predicted octanol–water partition coefficient (Wildman–Crippen LogP) is 2.79. The van der Waals surface area contributed by atoms with Crippen LogP contribution in [0.4, 0.5) is 0 Å². The Hall–Kier alpha value is -3.64. The number of benzene rings is 1. The molecule has 1 aromatic heterocycles. The lowest BCUT2D eigenvalue weighted by Gasteiger charge is -2.29. The van der Waals surface area contributed by atoms with E-state index in [1.54, 1.807) is 0 Å². The Bertz CT molecular complexity index is 1060. The van der Waals surface area contributed by atoms with Gasteiger partial charge in [-0.3, -0.25) is 9.98 Å². The van der Waals surface area contributed by atoms with Gasteiger partial charge in [0.15, 0.2) is 0 Å². The fourth-order valence-corrected chi connectivity index (χ4v) is 3.56. The molecule has 2 aromatic rings. The number of rotatable bonds is 6. The van der Waals surface area contributed by atoms with Gasteiger partial charge in [-0.2, -0.15) is 0 Å². The molecule has 0 bridgehead atoms. The van der Waals surface area contributed by atoms with Crippen molar-refractivity contribution in [2.45, 2.75) is 6.17 Å². The zero-order valence-electron chi connectivity index (χ0n) is 15.8. The maximum atomic E-state index is 5.56. The van der Waals surface area contributed by atoms with Crippen molar-refractivity contribution >= 4 is 11.4 Å². The fourth-order valence-electron chi connectivity index (χ4n) is 3.56. The zero-order chi connectivity index (χ0) is 19.6. The van der Waals surface area contributed by atoms with E-state index in [2.05, 4.69) is 38.5 Å². The number of aliphatic imine (C=N–C) groups is 1. The number of hydrogen-bond donors (Lipinski definition) is 2. The standard InChI is InChI=1S/C23H21N5O/c24-10-12-29-18-7-4-16(5-8-18)23-19(13-27-23)17-6-9-22-26-14-21(28(22)15-17)20-3-1-2-11-25-20/h1-9,11,13-15,22,26H,10,12,24H2. The summed E-state index contributed by atoms with van der Waals surface area (Å²) in [5.74, 6) is 0.817. The lowest BCUT2D eigenvalue weighted by Crippen LogP contribution is -2.33. The Kier molecular flexibility index (Phi) is 4.46. The van der Waals surface area contributed by atoms with E-state index < -0.39 is 0 Å². The Morgan fingerprint density at radius 1 is 1.14 bits per heavy atom. The van der Waals surface area contributed by atoms with Crippen molar-refractivity contribution < 1.29 is 4.74 Å². The molecule has 0 spiro atoms. The second-order valence-electron chi connectivity index (χ2n) is 6.89. The summed E-state index contributed by atoms with van der Waals surface area (Å²) in [7, 11) is 0. The predicted molar refractivity (Wildman–Crippen MR) is 114 cm³/mol. The molecular weight excluding hydrogens is 362 g/mol. The molecule has 0 radical (unpaired) electrons. The molecule has 1 unspecified atom stereocenters. The second-order valence-corrected chi connectivity index (χ2v) is 6.89. The average Bonchev–Trinajstić information content (AvgIpc) is 3.16. The first-order chi connectivity index (χ1) is 14.3. The SMILES string of the molecule is NCCOc1ccc(C2=NC=C2C2=CN3C(c4ccccn4)=CNC3C=C2)cc1. The average molecular weight is 383 g/mol. The summed E-state index contributed by atoms with van der Waals surface area (Å²) < 4.78 is 5.56. The molecule has 1 aromatic carbocycles. The Morgan fingerprint density at radius 2 is 2.03 bits per heavy atom. The van der Waals surface area contributed by atoms with Crippen molar-refractivity contribution in [2.24, 2.45) is 10.7 Å². The van der Waals surface area contributed by atoms with Crippen molar-refractivity contribution in [1.29, 1.82) is 0 Å². The zero-order valence-corrected chi connectivity index (χ0v) is 15.8. The van der Waals surface area contributed by atoms with Crippen molar-refractivity contribution in [3.8, 4) is 5.75 Å². The molecule has 0 amide bonds. The van der Waals surface area contributed by atoms with Gasteiger partial charge in [0.2, 0.25) is 0 Å². The minimum atomic E-state index is 0.107. The Balaban J connectivity index is 1.35. The van der Waals surface area contributed by atoms with E-state index in [0.29, 0.717) is 13.2 Å². The van der Waals surface area contributed by atoms with E-state index in [1.165, 1.54) is 0 Å². The molecule has 6 nitrogen and oxygen atoms in total. The molecule has 3 aliphatic rings. The number of nitrogens with one attached hydrogen (secondary N) is 1. The molecule has 3 N–H and O–H groups in total. The summed E-state index contributed by atoms with van der Waals surface area (Å²) in [6.07, 6.45) is 12.3. The number of nitrogens with zero attached hydrogens (tertiary/aromatic N) is 3. The van der Waals surface area contributed by atoms with E-state index in [1.807, 2.05) is 61.1 Å². The van der Waals surface area contributed by atoms with E-state index in [9.17, 15) is 0 Å². The minimum Gasteiger partial charge on any atom is -0.492 e. The van der Waals surface area contributed by atoms with Gasteiger partial charge in [-0.15, -0.1) is 0 Å². The third kappa shape index (κ3) is 3.23. The van der Waals surface area contributed by atoms with Crippen LogP contribution in [0.3, 0.4) is 0 Å². The molecule has 5 rings (SSSR count). The van der Waals surface area contributed by atoms with Crippen LogP contribution >= 0.6 is 0 Å². The summed E-state index contributed by atoms with van der Waals surface area (Å²) >= 11 is 0. The Labute approximate surface area is 169 Å². The van der Waals surface area contributed by atoms with Gasteiger partial charge in [0, 0.05) is 48.1 Å². The topological polar surface area (TPSA) is 75.8 Å². The van der Waals surface area contributed by atoms with Gasteiger partial charge in [0.1, 0.15) is 18.5 Å². The van der Waals surface area contributed by atoms with E-state index >= 15 is 0 Å². The number of ether oxygens (including phenoxy) is 1. The summed E-state index contributed by atoms with van der Waals surface area (Å²) in [4.78, 5) is 11.2. The summed E-state index contributed by atoms with van der Waals surface area (Å²) in [6.45, 7) is 1.02. The molecule has 0 fully saturated rings. The minimum absolute atomic E-state index is 0.107. The van der Waals surface area contributed by atoms with E-state index in [4.69, 9.17) is 10.5 Å². The van der Waals surface area contributed by atoms with Crippen LogP contribution in [0.25, 0.3) is 5.70 Å². The lowest BCUT2D eigenvalue weighted by molar-refractivity contribution is 0.328. The normalized spacial score (nSPS) is 19.3. The highest BCUT2D eigenvalue weighted by Gasteiger charge is 2.29. The van der Waals surface area contributed by atoms with Crippen molar-refractivity contribution in [3.05, 3.63) is 102 Å². The van der Waals surface area contributed by atoms with Gasteiger partial charge in [-0.1, -0.05) is 12.1 Å². The maximum absolute atomic E-state index is 5.56. The number of aromatic nitrogens is 1. The quantitative estimate of drug-likeness (QED) is 0.802. The number of fused-ring (bicyclic) bond motifs is 1. The first-order valence-electron chi connectivity index (χ1n) is 9.61. The van der Waals surface area contributed by atoms with Crippen molar-refractivity contribution in [1.82, 2.24) is 15.2 Å². The lowest BCUT2D eigenvalue weighted by atomic mass is 9.92. The van der Waals surface area contributed by atoms with Crippen LogP contribution in [0, 0.1) is 0 Å². The molecule has 0 saturated carbocycles. The molecule has 0 aliphatic carbocycles. The van der Waals surface area contributed by atoms with E-state index in [0.717, 1.165) is 39.6 Å². The first kappa shape index (κ1) is 17.5. The number of hydrogen-bond acceptors (Lipinski definition) is 6. The van der Waals surface area contributed by atoms with Crippen LogP contribution in [0.1, 0.15) is 11.3 Å². The smallest absolute Gasteiger partial charge is 0.122 e. The monoisotopic (exact) mass is 383 g/mol. The molecule has 0 saturated heterocycles. The van der Waals surface area contributed by atoms with Crippen LogP contribution in [0.5, 0.6) is 5.75 Å². The van der Waals surface area contributed by atoms with Crippen LogP contribution in [0.2, 0.25) is 0 Å². The third-order valence-corrected chi connectivity index (χ3v) is 5.04. The summed E-state index contributed by atoms with van der Waals surface area (Å²) in [5, 5.41) is 3.39. The molecule has 6 heteroatoms.